The Morgan fingerprint density at radius 2 is 1.90 bits per heavy atom. The first-order valence-electron chi connectivity index (χ1n) is 5.98. The Labute approximate surface area is 125 Å². The molecule has 0 aliphatic heterocycles. The Balaban J connectivity index is 2.36. The van der Waals surface area contributed by atoms with Crippen LogP contribution >= 0.6 is 15.9 Å². The highest BCUT2D eigenvalue weighted by molar-refractivity contribution is 9.10. The van der Waals surface area contributed by atoms with E-state index in [0.717, 1.165) is 5.56 Å². The molecule has 0 N–H and O–H groups in total. The van der Waals surface area contributed by atoms with Crippen LogP contribution in [-0.4, -0.2) is 5.78 Å². The summed E-state index contributed by atoms with van der Waals surface area (Å²) in [5, 5.41) is 9.25. The SMILES string of the molecule is Cc1ccc(C(C#N)C(=O)c2ccc(F)c(Br)c2)cc1. The summed E-state index contributed by atoms with van der Waals surface area (Å²) in [5.74, 6) is -1.66. The first kappa shape index (κ1) is 14.4. The molecular weight excluding hydrogens is 321 g/mol. The van der Waals surface area contributed by atoms with E-state index in [1.165, 1.54) is 18.2 Å². The Hall–Kier alpha value is -1.99. The summed E-state index contributed by atoms with van der Waals surface area (Å²) in [4.78, 5) is 12.4. The summed E-state index contributed by atoms with van der Waals surface area (Å²) < 4.78 is 13.4. The lowest BCUT2D eigenvalue weighted by molar-refractivity contribution is 0.0978. The zero-order valence-electron chi connectivity index (χ0n) is 10.7. The van der Waals surface area contributed by atoms with Gasteiger partial charge < -0.3 is 0 Å². The second-order valence-electron chi connectivity index (χ2n) is 4.47. The predicted octanol–water partition coefficient (Wildman–Crippen LogP) is 4.39. The first-order valence-corrected chi connectivity index (χ1v) is 6.77. The number of hydrogen-bond donors (Lipinski definition) is 0. The standard InChI is InChI=1S/C16H11BrFNO/c1-10-2-4-11(5-3-10)13(9-19)16(20)12-6-7-15(18)14(17)8-12/h2-8,13H,1H3. The number of rotatable bonds is 3. The van der Waals surface area contributed by atoms with Crippen molar-refractivity contribution in [2.24, 2.45) is 0 Å². The molecule has 0 aliphatic carbocycles. The maximum absolute atomic E-state index is 13.2. The van der Waals surface area contributed by atoms with Crippen LogP contribution < -0.4 is 0 Å². The molecule has 0 bridgehead atoms. The number of nitriles is 1. The highest BCUT2D eigenvalue weighted by atomic mass is 79.9. The van der Waals surface area contributed by atoms with Crippen molar-refractivity contribution < 1.29 is 9.18 Å². The molecule has 0 amide bonds. The summed E-state index contributed by atoms with van der Waals surface area (Å²) in [6.45, 7) is 1.93. The Morgan fingerprint density at radius 3 is 2.45 bits per heavy atom. The normalized spacial score (nSPS) is 11.7. The summed E-state index contributed by atoms with van der Waals surface area (Å²) in [6.07, 6.45) is 0. The Bertz CT molecular complexity index is 689. The van der Waals surface area contributed by atoms with Crippen LogP contribution in [0.3, 0.4) is 0 Å². The highest BCUT2D eigenvalue weighted by Crippen LogP contribution is 2.24. The number of carbonyl (C=O) groups is 1. The van der Waals surface area contributed by atoms with Gasteiger partial charge in [-0.1, -0.05) is 29.8 Å². The van der Waals surface area contributed by atoms with Crippen molar-refractivity contribution in [1.29, 1.82) is 5.26 Å². The zero-order chi connectivity index (χ0) is 14.7. The molecular formula is C16H11BrFNO. The number of halogens is 2. The zero-order valence-corrected chi connectivity index (χ0v) is 12.3. The van der Waals surface area contributed by atoms with Crippen LogP contribution in [0.1, 0.15) is 27.4 Å². The molecule has 4 heteroatoms. The van der Waals surface area contributed by atoms with Gasteiger partial charge in [0.05, 0.1) is 10.5 Å². The minimum atomic E-state index is -0.882. The van der Waals surface area contributed by atoms with Gasteiger partial charge in [0.25, 0.3) is 0 Å². The number of benzene rings is 2. The number of ketones is 1. The van der Waals surface area contributed by atoms with E-state index in [-0.39, 0.29) is 10.3 Å². The van der Waals surface area contributed by atoms with E-state index in [9.17, 15) is 14.4 Å². The quantitative estimate of drug-likeness (QED) is 0.783. The second-order valence-corrected chi connectivity index (χ2v) is 5.32. The average Bonchev–Trinajstić information content (AvgIpc) is 2.44. The van der Waals surface area contributed by atoms with E-state index in [2.05, 4.69) is 15.9 Å². The maximum atomic E-state index is 13.2. The van der Waals surface area contributed by atoms with E-state index in [1.807, 2.05) is 25.1 Å². The van der Waals surface area contributed by atoms with Crippen LogP contribution in [0.5, 0.6) is 0 Å². The number of carbonyl (C=O) groups excluding carboxylic acids is 1. The molecule has 2 aromatic carbocycles. The molecule has 0 heterocycles. The van der Waals surface area contributed by atoms with Crippen LogP contribution in [0.4, 0.5) is 4.39 Å². The maximum Gasteiger partial charge on any atom is 0.184 e. The molecule has 2 aromatic rings. The van der Waals surface area contributed by atoms with Crippen LogP contribution in [0.25, 0.3) is 0 Å². The van der Waals surface area contributed by atoms with Crippen molar-refractivity contribution in [2.45, 2.75) is 12.8 Å². The van der Waals surface area contributed by atoms with Gasteiger partial charge in [0.1, 0.15) is 11.7 Å². The number of Topliss-reactive ketones (excluding diaryl/α,β-unsaturated/α-hetero) is 1. The topological polar surface area (TPSA) is 40.9 Å². The van der Waals surface area contributed by atoms with Gasteiger partial charge in [0.15, 0.2) is 5.78 Å². The molecule has 1 unspecified atom stereocenters. The van der Waals surface area contributed by atoms with Gasteiger partial charge >= 0.3 is 0 Å². The van der Waals surface area contributed by atoms with Crippen molar-refractivity contribution in [3.8, 4) is 6.07 Å². The number of aryl methyl sites for hydroxylation is 1. The molecule has 20 heavy (non-hydrogen) atoms. The summed E-state index contributed by atoms with van der Waals surface area (Å²) >= 11 is 3.04. The third-order valence-electron chi connectivity index (χ3n) is 3.01. The lowest BCUT2D eigenvalue weighted by Crippen LogP contribution is -2.11. The van der Waals surface area contributed by atoms with Gasteiger partial charge in [-0.3, -0.25) is 4.79 Å². The fourth-order valence-electron chi connectivity index (χ4n) is 1.86. The van der Waals surface area contributed by atoms with E-state index < -0.39 is 11.7 Å². The van der Waals surface area contributed by atoms with Crippen LogP contribution in [0.15, 0.2) is 46.9 Å². The molecule has 0 fully saturated rings. The molecule has 100 valence electrons. The van der Waals surface area contributed by atoms with Crippen molar-refractivity contribution in [3.63, 3.8) is 0 Å². The summed E-state index contributed by atoms with van der Waals surface area (Å²) in [6, 6.07) is 13.2. The molecule has 0 radical (unpaired) electrons. The average molecular weight is 332 g/mol. The highest BCUT2D eigenvalue weighted by Gasteiger charge is 2.22. The van der Waals surface area contributed by atoms with Gasteiger partial charge in [-0.05, 0) is 46.6 Å². The minimum absolute atomic E-state index is 0.212. The van der Waals surface area contributed by atoms with E-state index in [4.69, 9.17) is 0 Å². The molecule has 2 rings (SSSR count). The molecule has 0 aliphatic rings. The smallest absolute Gasteiger partial charge is 0.184 e. The second kappa shape index (κ2) is 5.98. The fraction of sp³-hybridized carbons (Fsp3) is 0.125. The monoisotopic (exact) mass is 331 g/mol. The molecule has 0 saturated carbocycles. The fourth-order valence-corrected chi connectivity index (χ4v) is 2.24. The summed E-state index contributed by atoms with van der Waals surface area (Å²) in [7, 11) is 0. The van der Waals surface area contributed by atoms with Gasteiger partial charge in [-0.25, -0.2) is 4.39 Å². The van der Waals surface area contributed by atoms with Crippen molar-refractivity contribution in [2.75, 3.05) is 0 Å². The summed E-state index contributed by atoms with van der Waals surface area (Å²) in [5.41, 5.74) is 2.01. The largest absolute Gasteiger partial charge is 0.292 e. The molecule has 1 atom stereocenters. The lowest BCUT2D eigenvalue weighted by atomic mass is 9.91. The van der Waals surface area contributed by atoms with Crippen molar-refractivity contribution >= 4 is 21.7 Å². The molecule has 0 aromatic heterocycles. The lowest BCUT2D eigenvalue weighted by Gasteiger charge is -2.09. The molecule has 0 saturated heterocycles. The number of nitrogens with zero attached hydrogens (tertiary/aromatic N) is 1. The van der Waals surface area contributed by atoms with E-state index in [1.54, 1.807) is 12.1 Å². The van der Waals surface area contributed by atoms with Crippen LogP contribution in [0.2, 0.25) is 0 Å². The third-order valence-corrected chi connectivity index (χ3v) is 3.61. The molecule has 2 nitrogen and oxygen atoms in total. The van der Waals surface area contributed by atoms with Crippen LogP contribution in [-0.2, 0) is 0 Å². The van der Waals surface area contributed by atoms with Gasteiger partial charge in [0, 0.05) is 5.56 Å². The van der Waals surface area contributed by atoms with Crippen molar-refractivity contribution in [3.05, 3.63) is 69.4 Å². The molecule has 0 spiro atoms. The van der Waals surface area contributed by atoms with E-state index in [0.29, 0.717) is 11.1 Å². The van der Waals surface area contributed by atoms with Gasteiger partial charge in [-0.2, -0.15) is 5.26 Å². The Kier molecular flexibility index (Phi) is 4.31. The minimum Gasteiger partial charge on any atom is -0.292 e. The van der Waals surface area contributed by atoms with Crippen LogP contribution in [0, 0.1) is 24.1 Å². The van der Waals surface area contributed by atoms with Gasteiger partial charge in [-0.15, -0.1) is 0 Å². The predicted molar refractivity (Wildman–Crippen MR) is 78.0 cm³/mol. The third kappa shape index (κ3) is 2.94. The van der Waals surface area contributed by atoms with Crippen molar-refractivity contribution in [1.82, 2.24) is 0 Å². The number of hydrogen-bond acceptors (Lipinski definition) is 2. The van der Waals surface area contributed by atoms with Gasteiger partial charge in [0.2, 0.25) is 0 Å². The van der Waals surface area contributed by atoms with E-state index >= 15 is 0 Å². The Morgan fingerprint density at radius 1 is 1.25 bits per heavy atom. The first-order chi connectivity index (χ1) is 9.52.